The summed E-state index contributed by atoms with van der Waals surface area (Å²) in [5, 5.41) is 2.87. The van der Waals surface area contributed by atoms with Gasteiger partial charge in [-0.25, -0.2) is 0 Å². The molecule has 2 amide bonds. The number of hydrogen-bond donors (Lipinski definition) is 2. The molecule has 0 aliphatic carbocycles. The van der Waals surface area contributed by atoms with Crippen LogP contribution in [0.3, 0.4) is 0 Å². The molecular formula is C27H25F3N4O4. The molecule has 0 radical (unpaired) electrons. The van der Waals surface area contributed by atoms with Crippen molar-refractivity contribution in [3.63, 3.8) is 0 Å². The molecule has 0 bridgehead atoms. The number of morpholine rings is 1. The third kappa shape index (κ3) is 6.94. The fraction of sp³-hybridized carbons (Fsp3) is 0.259. The summed E-state index contributed by atoms with van der Waals surface area (Å²) in [4.78, 5) is 42.9. The zero-order chi connectivity index (χ0) is 27.1. The van der Waals surface area contributed by atoms with E-state index in [0.29, 0.717) is 44.0 Å². The smallest absolute Gasteiger partial charge is 0.378 e. The average Bonchev–Trinajstić information content (AvgIpc) is 3.38. The Kier molecular flexibility index (Phi) is 8.37. The lowest BCUT2D eigenvalue weighted by atomic mass is 10.1. The van der Waals surface area contributed by atoms with Crippen LogP contribution in [0.1, 0.15) is 37.7 Å². The number of aromatic amines is 1. The third-order valence-electron chi connectivity index (χ3n) is 5.93. The molecule has 0 unspecified atom stereocenters. The van der Waals surface area contributed by atoms with Gasteiger partial charge in [0.1, 0.15) is 0 Å². The van der Waals surface area contributed by atoms with Crippen molar-refractivity contribution in [2.75, 3.05) is 32.8 Å². The number of aldehydes is 1. The van der Waals surface area contributed by atoms with Crippen molar-refractivity contribution >= 4 is 30.3 Å². The first-order valence-electron chi connectivity index (χ1n) is 11.9. The monoisotopic (exact) mass is 526 g/mol. The molecule has 2 aromatic heterocycles. The van der Waals surface area contributed by atoms with E-state index in [4.69, 9.17) is 9.53 Å². The van der Waals surface area contributed by atoms with Crippen LogP contribution in [0, 0.1) is 0 Å². The van der Waals surface area contributed by atoms with Gasteiger partial charge in [-0.1, -0.05) is 18.2 Å². The van der Waals surface area contributed by atoms with Crippen molar-refractivity contribution in [1.82, 2.24) is 20.2 Å². The second-order valence-electron chi connectivity index (χ2n) is 8.57. The van der Waals surface area contributed by atoms with Gasteiger partial charge in [-0.3, -0.25) is 19.4 Å². The maximum Gasteiger partial charge on any atom is 0.446 e. The van der Waals surface area contributed by atoms with Gasteiger partial charge >= 0.3 is 6.18 Å². The van der Waals surface area contributed by atoms with Gasteiger partial charge < -0.3 is 19.9 Å². The molecule has 2 N–H and O–H groups in total. The van der Waals surface area contributed by atoms with E-state index in [1.165, 1.54) is 0 Å². The van der Waals surface area contributed by atoms with Crippen LogP contribution < -0.4 is 5.32 Å². The number of nitrogens with one attached hydrogen (secondary N) is 2. The first-order valence-corrected chi connectivity index (χ1v) is 11.9. The second kappa shape index (κ2) is 11.9. The predicted octanol–water partition coefficient (Wildman–Crippen LogP) is 3.75. The summed E-state index contributed by atoms with van der Waals surface area (Å²) in [6.45, 7) is 3.12. The molecule has 1 saturated heterocycles. The van der Waals surface area contributed by atoms with E-state index in [9.17, 15) is 22.8 Å². The summed E-state index contributed by atoms with van der Waals surface area (Å²) in [7, 11) is 0. The zero-order valence-electron chi connectivity index (χ0n) is 20.3. The SMILES string of the molecule is O=C1NCCc2[nH]c(-c3ccnc(/C=C/c4ccc(C(=O)N5CCOCC5)cc4)c3)cc21.O=CC(F)(F)F. The van der Waals surface area contributed by atoms with E-state index in [1.54, 1.807) is 6.20 Å². The number of carbonyl (C=O) groups excluding carboxylic acids is 3. The number of amides is 2. The molecule has 5 rings (SSSR count). The lowest BCUT2D eigenvalue weighted by Gasteiger charge is -2.26. The van der Waals surface area contributed by atoms with Gasteiger partial charge in [-0.2, -0.15) is 13.2 Å². The normalized spacial score (nSPS) is 15.3. The van der Waals surface area contributed by atoms with Crippen LogP contribution in [0.5, 0.6) is 0 Å². The van der Waals surface area contributed by atoms with Crippen molar-refractivity contribution in [3.8, 4) is 11.3 Å². The number of aromatic nitrogens is 2. The van der Waals surface area contributed by atoms with Gasteiger partial charge in [-0.05, 0) is 42.0 Å². The number of pyridine rings is 1. The molecule has 1 aromatic carbocycles. The van der Waals surface area contributed by atoms with E-state index in [0.717, 1.165) is 34.6 Å². The van der Waals surface area contributed by atoms with E-state index in [2.05, 4.69) is 15.3 Å². The minimum Gasteiger partial charge on any atom is -0.378 e. The molecule has 3 aromatic rings. The van der Waals surface area contributed by atoms with Crippen molar-refractivity contribution in [2.24, 2.45) is 0 Å². The first-order chi connectivity index (χ1) is 18.2. The van der Waals surface area contributed by atoms with E-state index < -0.39 is 12.5 Å². The summed E-state index contributed by atoms with van der Waals surface area (Å²) in [5.41, 5.74) is 6.07. The molecule has 4 heterocycles. The Bertz CT molecular complexity index is 1330. The number of benzene rings is 1. The highest BCUT2D eigenvalue weighted by atomic mass is 19.4. The highest BCUT2D eigenvalue weighted by Crippen LogP contribution is 2.24. The molecule has 8 nitrogen and oxygen atoms in total. The third-order valence-corrected chi connectivity index (χ3v) is 5.93. The second-order valence-corrected chi connectivity index (χ2v) is 8.57. The van der Waals surface area contributed by atoms with Gasteiger partial charge in [0, 0.05) is 54.8 Å². The molecule has 0 spiro atoms. The van der Waals surface area contributed by atoms with Crippen LogP contribution in [-0.4, -0.2) is 72.0 Å². The number of hydrogen-bond acceptors (Lipinski definition) is 5. The molecule has 11 heteroatoms. The number of H-pyrrole nitrogens is 1. The van der Waals surface area contributed by atoms with Crippen molar-refractivity contribution in [3.05, 3.63) is 76.7 Å². The van der Waals surface area contributed by atoms with Crippen molar-refractivity contribution in [2.45, 2.75) is 12.6 Å². The van der Waals surface area contributed by atoms with Gasteiger partial charge in [0.15, 0.2) is 0 Å². The highest BCUT2D eigenvalue weighted by Gasteiger charge is 2.25. The Morgan fingerprint density at radius 2 is 1.76 bits per heavy atom. The lowest BCUT2D eigenvalue weighted by Crippen LogP contribution is -2.40. The topological polar surface area (TPSA) is 104 Å². The van der Waals surface area contributed by atoms with Crippen molar-refractivity contribution < 1.29 is 32.3 Å². The lowest BCUT2D eigenvalue weighted by molar-refractivity contribution is -0.156. The molecule has 1 fully saturated rings. The predicted molar refractivity (Wildman–Crippen MR) is 134 cm³/mol. The summed E-state index contributed by atoms with van der Waals surface area (Å²) in [5.74, 6) is 0.0130. The van der Waals surface area contributed by atoms with Crippen LogP contribution in [-0.2, 0) is 16.0 Å². The van der Waals surface area contributed by atoms with Crippen molar-refractivity contribution in [1.29, 1.82) is 0 Å². The Labute approximate surface area is 216 Å². The van der Waals surface area contributed by atoms with E-state index in [-0.39, 0.29) is 11.8 Å². The fourth-order valence-electron chi connectivity index (χ4n) is 4.02. The number of nitrogens with zero attached hydrogens (tertiary/aromatic N) is 2. The van der Waals surface area contributed by atoms with Gasteiger partial charge in [0.25, 0.3) is 11.8 Å². The minimum atomic E-state index is -4.64. The number of halogens is 3. The number of carbonyl (C=O) groups is 3. The van der Waals surface area contributed by atoms with Crippen LogP contribution >= 0.6 is 0 Å². The molecule has 2 aliphatic rings. The fourth-order valence-corrected chi connectivity index (χ4v) is 4.02. The van der Waals surface area contributed by atoms with Gasteiger partial charge in [0.05, 0.1) is 24.5 Å². The Balaban J connectivity index is 0.000000505. The number of ether oxygens (including phenoxy) is 1. The van der Waals surface area contributed by atoms with Gasteiger partial charge in [0.2, 0.25) is 6.29 Å². The maximum atomic E-state index is 12.6. The summed E-state index contributed by atoms with van der Waals surface area (Å²) in [6.07, 6.45) is 0.787. The maximum absolute atomic E-state index is 12.6. The minimum absolute atomic E-state index is 0.0292. The average molecular weight is 527 g/mol. The molecular weight excluding hydrogens is 501 g/mol. The molecule has 0 saturated carbocycles. The molecule has 0 atom stereocenters. The quantitative estimate of drug-likeness (QED) is 0.504. The Hall–Kier alpha value is -4.25. The zero-order valence-corrected chi connectivity index (χ0v) is 20.3. The van der Waals surface area contributed by atoms with Crippen LogP contribution in [0.15, 0.2) is 48.7 Å². The first kappa shape index (κ1) is 26.8. The summed E-state index contributed by atoms with van der Waals surface area (Å²) >= 11 is 0. The standard InChI is InChI=1S/C25H24N4O3.C2HF3O/c30-24-21-16-23(28-22(21)8-10-27-24)19-7-9-26-20(15-19)6-3-17-1-4-18(5-2-17)25(31)29-11-13-32-14-12-29;3-2(4,5)1-6/h1-7,9,15-16,28H,8,10-14H2,(H,27,30);1H/b6-3+;. The van der Waals surface area contributed by atoms with E-state index >= 15 is 0 Å². The Morgan fingerprint density at radius 3 is 2.42 bits per heavy atom. The molecule has 198 valence electrons. The largest absolute Gasteiger partial charge is 0.446 e. The summed E-state index contributed by atoms with van der Waals surface area (Å²) in [6, 6.07) is 13.4. The molecule has 2 aliphatic heterocycles. The number of fused-ring (bicyclic) bond motifs is 1. The van der Waals surface area contributed by atoms with Gasteiger partial charge in [-0.15, -0.1) is 0 Å². The number of alkyl halides is 3. The Morgan fingerprint density at radius 1 is 1.05 bits per heavy atom. The van der Waals surface area contributed by atoms with Crippen LogP contribution in [0.4, 0.5) is 13.2 Å². The highest BCUT2D eigenvalue weighted by molar-refractivity contribution is 5.98. The molecule has 38 heavy (non-hydrogen) atoms. The van der Waals surface area contributed by atoms with Crippen LogP contribution in [0.25, 0.3) is 23.4 Å². The summed E-state index contributed by atoms with van der Waals surface area (Å²) < 4.78 is 36.6. The number of rotatable bonds is 4. The van der Waals surface area contributed by atoms with E-state index in [1.807, 2.05) is 59.5 Å². The van der Waals surface area contributed by atoms with Crippen LogP contribution in [0.2, 0.25) is 0 Å².